The van der Waals surface area contributed by atoms with E-state index >= 15 is 0 Å². The second kappa shape index (κ2) is 3.33. The summed E-state index contributed by atoms with van der Waals surface area (Å²) in [5.41, 5.74) is 3.11. The summed E-state index contributed by atoms with van der Waals surface area (Å²) in [6.07, 6.45) is 3.76. The van der Waals surface area contributed by atoms with Gasteiger partial charge in [-0.15, -0.1) is 0 Å². The van der Waals surface area contributed by atoms with Gasteiger partial charge in [0, 0.05) is 0 Å². The van der Waals surface area contributed by atoms with Crippen molar-refractivity contribution in [1.82, 2.24) is 0 Å². The monoisotopic (exact) mass is 218 g/mol. The SMILES string of the molecule is c1ccc2c3c4c(cccc4cc2c1)CCC3. The molecule has 3 aromatic rings. The maximum atomic E-state index is 2.34. The summed E-state index contributed by atoms with van der Waals surface area (Å²) in [5.74, 6) is 0. The van der Waals surface area contributed by atoms with Crippen LogP contribution in [0.4, 0.5) is 0 Å². The molecule has 0 amide bonds. The van der Waals surface area contributed by atoms with E-state index in [1.54, 1.807) is 5.56 Å². The van der Waals surface area contributed by atoms with Crippen LogP contribution in [0.3, 0.4) is 0 Å². The maximum absolute atomic E-state index is 2.34. The van der Waals surface area contributed by atoms with Gasteiger partial charge in [-0.1, -0.05) is 42.5 Å². The molecule has 17 heavy (non-hydrogen) atoms. The van der Waals surface area contributed by atoms with Crippen molar-refractivity contribution < 1.29 is 0 Å². The van der Waals surface area contributed by atoms with Crippen molar-refractivity contribution >= 4 is 21.5 Å². The Morgan fingerprint density at radius 3 is 2.65 bits per heavy atom. The lowest BCUT2D eigenvalue weighted by atomic mass is 9.85. The van der Waals surface area contributed by atoms with E-state index in [9.17, 15) is 0 Å². The van der Waals surface area contributed by atoms with Gasteiger partial charge in [0.1, 0.15) is 0 Å². The summed E-state index contributed by atoms with van der Waals surface area (Å²) in [6, 6.07) is 17.9. The summed E-state index contributed by atoms with van der Waals surface area (Å²) in [5, 5.41) is 5.77. The third kappa shape index (κ3) is 1.24. The predicted molar refractivity (Wildman–Crippen MR) is 73.5 cm³/mol. The lowest BCUT2D eigenvalue weighted by Gasteiger charge is -2.19. The van der Waals surface area contributed by atoms with Gasteiger partial charge in [0.05, 0.1) is 0 Å². The summed E-state index contributed by atoms with van der Waals surface area (Å²) in [7, 11) is 0. The lowest BCUT2D eigenvalue weighted by Crippen LogP contribution is -2.01. The van der Waals surface area contributed by atoms with Gasteiger partial charge in [0.25, 0.3) is 0 Å². The molecule has 0 atom stereocenters. The van der Waals surface area contributed by atoms with Crippen molar-refractivity contribution in [2.75, 3.05) is 0 Å². The van der Waals surface area contributed by atoms with Gasteiger partial charge >= 0.3 is 0 Å². The average molecular weight is 218 g/mol. The number of rotatable bonds is 0. The molecule has 0 heterocycles. The minimum Gasteiger partial charge on any atom is -0.0616 e. The minimum absolute atomic E-state index is 1.23. The molecule has 82 valence electrons. The summed E-state index contributed by atoms with van der Waals surface area (Å²) >= 11 is 0. The Bertz CT molecular complexity index is 723. The first-order valence-corrected chi connectivity index (χ1v) is 6.36. The first-order valence-electron chi connectivity index (χ1n) is 6.36. The molecule has 3 aromatic carbocycles. The summed E-state index contributed by atoms with van der Waals surface area (Å²) in [4.78, 5) is 0. The van der Waals surface area contributed by atoms with Gasteiger partial charge in [-0.3, -0.25) is 0 Å². The van der Waals surface area contributed by atoms with E-state index in [1.807, 2.05) is 0 Å². The molecule has 1 aliphatic carbocycles. The summed E-state index contributed by atoms with van der Waals surface area (Å²) < 4.78 is 0. The minimum atomic E-state index is 1.23. The van der Waals surface area contributed by atoms with Crippen LogP contribution in [-0.2, 0) is 12.8 Å². The molecule has 0 saturated carbocycles. The van der Waals surface area contributed by atoms with Crippen molar-refractivity contribution in [3.05, 3.63) is 59.7 Å². The van der Waals surface area contributed by atoms with Crippen molar-refractivity contribution in [3.63, 3.8) is 0 Å². The van der Waals surface area contributed by atoms with Crippen molar-refractivity contribution in [1.29, 1.82) is 0 Å². The number of aryl methyl sites for hydroxylation is 2. The highest BCUT2D eigenvalue weighted by Crippen LogP contribution is 2.35. The molecule has 0 aromatic heterocycles. The normalized spacial score (nSPS) is 14.4. The number of hydrogen-bond donors (Lipinski definition) is 0. The third-order valence-corrected chi connectivity index (χ3v) is 3.95. The number of fused-ring (bicyclic) bond motifs is 2. The zero-order valence-electron chi connectivity index (χ0n) is 9.74. The van der Waals surface area contributed by atoms with Gasteiger partial charge in [-0.2, -0.15) is 0 Å². The average Bonchev–Trinajstić information content (AvgIpc) is 2.39. The number of benzene rings is 3. The quantitative estimate of drug-likeness (QED) is 0.488. The largest absolute Gasteiger partial charge is 0.0616 e. The zero-order valence-corrected chi connectivity index (χ0v) is 9.74. The molecule has 0 fully saturated rings. The lowest BCUT2D eigenvalue weighted by molar-refractivity contribution is 0.813. The standard InChI is InChI=1S/C17H14/c1-2-9-15-13(5-1)11-14-8-3-6-12-7-4-10-16(15)17(12)14/h1-3,5-6,8-9,11H,4,7,10H2. The van der Waals surface area contributed by atoms with E-state index in [4.69, 9.17) is 0 Å². The van der Waals surface area contributed by atoms with Crippen molar-refractivity contribution in [2.45, 2.75) is 19.3 Å². The topological polar surface area (TPSA) is 0 Å². The van der Waals surface area contributed by atoms with Crippen LogP contribution in [0.15, 0.2) is 48.5 Å². The fourth-order valence-corrected chi connectivity index (χ4v) is 3.23. The first-order chi connectivity index (χ1) is 8.43. The van der Waals surface area contributed by atoms with E-state index in [0.29, 0.717) is 0 Å². The highest BCUT2D eigenvalue weighted by Gasteiger charge is 2.14. The third-order valence-electron chi connectivity index (χ3n) is 3.95. The van der Waals surface area contributed by atoms with E-state index in [0.717, 1.165) is 0 Å². The molecule has 0 N–H and O–H groups in total. The maximum Gasteiger partial charge on any atom is -0.0113 e. The molecule has 4 rings (SSSR count). The van der Waals surface area contributed by atoms with E-state index in [1.165, 1.54) is 46.4 Å². The number of hydrogen-bond acceptors (Lipinski definition) is 0. The molecule has 0 aliphatic heterocycles. The van der Waals surface area contributed by atoms with Crippen LogP contribution in [0.2, 0.25) is 0 Å². The molecule has 0 saturated heterocycles. The molecule has 1 aliphatic rings. The van der Waals surface area contributed by atoms with E-state index in [-0.39, 0.29) is 0 Å². The highest BCUT2D eigenvalue weighted by molar-refractivity contribution is 6.04. The molecular weight excluding hydrogens is 204 g/mol. The van der Waals surface area contributed by atoms with Crippen LogP contribution in [0.25, 0.3) is 21.5 Å². The van der Waals surface area contributed by atoms with Crippen LogP contribution in [0.5, 0.6) is 0 Å². The second-order valence-corrected chi connectivity index (χ2v) is 4.95. The zero-order chi connectivity index (χ0) is 11.2. The molecule has 0 radical (unpaired) electrons. The van der Waals surface area contributed by atoms with Crippen LogP contribution in [0.1, 0.15) is 17.5 Å². The van der Waals surface area contributed by atoms with Crippen LogP contribution in [0, 0.1) is 0 Å². The van der Waals surface area contributed by atoms with Gasteiger partial charge < -0.3 is 0 Å². The Balaban J connectivity index is 2.30. The van der Waals surface area contributed by atoms with Gasteiger partial charge in [-0.05, 0) is 58.0 Å². The van der Waals surface area contributed by atoms with E-state index < -0.39 is 0 Å². The fraction of sp³-hybridized carbons (Fsp3) is 0.176. The smallest absolute Gasteiger partial charge is 0.0113 e. The predicted octanol–water partition coefficient (Wildman–Crippen LogP) is 4.48. The Labute approximate surface area is 101 Å². The van der Waals surface area contributed by atoms with Gasteiger partial charge in [0.2, 0.25) is 0 Å². The first kappa shape index (κ1) is 9.23. The van der Waals surface area contributed by atoms with E-state index in [2.05, 4.69) is 48.5 Å². The summed E-state index contributed by atoms with van der Waals surface area (Å²) in [6.45, 7) is 0. The van der Waals surface area contributed by atoms with Crippen LogP contribution < -0.4 is 0 Å². The fourth-order valence-electron chi connectivity index (χ4n) is 3.23. The molecule has 0 heteroatoms. The Hall–Kier alpha value is -1.82. The van der Waals surface area contributed by atoms with Crippen LogP contribution in [-0.4, -0.2) is 0 Å². The Morgan fingerprint density at radius 2 is 1.65 bits per heavy atom. The Kier molecular flexibility index (Phi) is 1.81. The Morgan fingerprint density at radius 1 is 0.765 bits per heavy atom. The molecule has 0 unspecified atom stereocenters. The van der Waals surface area contributed by atoms with Crippen LogP contribution >= 0.6 is 0 Å². The van der Waals surface area contributed by atoms with Gasteiger partial charge in [0.15, 0.2) is 0 Å². The van der Waals surface area contributed by atoms with Gasteiger partial charge in [-0.25, -0.2) is 0 Å². The second-order valence-electron chi connectivity index (χ2n) is 4.95. The molecule has 0 bridgehead atoms. The molecular formula is C17H14. The van der Waals surface area contributed by atoms with Crippen molar-refractivity contribution in [2.24, 2.45) is 0 Å². The molecule has 0 spiro atoms. The molecule has 0 nitrogen and oxygen atoms in total. The van der Waals surface area contributed by atoms with Crippen molar-refractivity contribution in [3.8, 4) is 0 Å². The highest BCUT2D eigenvalue weighted by atomic mass is 14.2.